The van der Waals surface area contributed by atoms with Crippen molar-refractivity contribution in [2.24, 2.45) is 0 Å². The number of Topliss-reactive ketones (excluding diaryl/α,β-unsaturated/α-hetero) is 1. The van der Waals surface area contributed by atoms with Crippen molar-refractivity contribution in [2.45, 2.75) is 16.8 Å². The lowest BCUT2D eigenvalue weighted by Gasteiger charge is -2.28. The van der Waals surface area contributed by atoms with E-state index in [-0.39, 0.29) is 10.7 Å². The number of alkyl halides is 1. The molecule has 0 bridgehead atoms. The Morgan fingerprint density at radius 1 is 0.815 bits per heavy atom. The van der Waals surface area contributed by atoms with Crippen molar-refractivity contribution in [1.29, 1.82) is 0 Å². The number of benzene rings is 3. The fourth-order valence-corrected chi connectivity index (χ4v) is 5.85. The Balaban J connectivity index is 1.99. The summed E-state index contributed by atoms with van der Waals surface area (Å²) in [5.74, 6) is -0.294. The minimum atomic E-state index is -3.95. The van der Waals surface area contributed by atoms with Crippen LogP contribution < -0.4 is 4.31 Å². The molecule has 27 heavy (non-hydrogen) atoms. The van der Waals surface area contributed by atoms with E-state index in [0.717, 1.165) is 11.1 Å². The van der Waals surface area contributed by atoms with Crippen molar-refractivity contribution in [3.05, 3.63) is 83.9 Å². The Bertz CT molecular complexity index is 1140. The normalized spacial score (nSPS) is 16.4. The Morgan fingerprint density at radius 3 is 2.04 bits per heavy atom. The predicted octanol–water partition coefficient (Wildman–Crippen LogP) is 4.77. The lowest BCUT2D eigenvalue weighted by atomic mass is 9.97. The summed E-state index contributed by atoms with van der Waals surface area (Å²) in [6, 6.07) is 21.0. The summed E-state index contributed by atoms with van der Waals surface area (Å²) in [7, 11) is -3.95. The highest BCUT2D eigenvalue weighted by Gasteiger charge is 2.39. The van der Waals surface area contributed by atoms with Crippen molar-refractivity contribution in [3.8, 4) is 11.1 Å². The molecule has 0 saturated carbocycles. The summed E-state index contributed by atoms with van der Waals surface area (Å²) >= 11 is 3.35. The van der Waals surface area contributed by atoms with Gasteiger partial charge in [-0.05, 0) is 30.7 Å². The van der Waals surface area contributed by atoms with Crippen LogP contribution in [0.4, 0.5) is 5.69 Å². The number of carbonyl (C=O) groups is 1. The van der Waals surface area contributed by atoms with Gasteiger partial charge < -0.3 is 0 Å². The van der Waals surface area contributed by atoms with E-state index >= 15 is 0 Å². The number of fused-ring (bicyclic) bond motifs is 3. The minimum absolute atomic E-state index is 0.145. The molecule has 0 radical (unpaired) electrons. The molecule has 1 heterocycles. The van der Waals surface area contributed by atoms with Crippen molar-refractivity contribution >= 4 is 37.4 Å². The van der Waals surface area contributed by atoms with Crippen molar-refractivity contribution < 1.29 is 13.2 Å². The lowest BCUT2D eigenvalue weighted by molar-refractivity contribution is 0.0995. The van der Waals surface area contributed by atoms with Crippen LogP contribution in [0.5, 0.6) is 0 Å². The van der Waals surface area contributed by atoms with Gasteiger partial charge in [0, 0.05) is 11.1 Å². The third-order valence-corrected chi connectivity index (χ3v) is 7.51. The molecule has 0 saturated heterocycles. The average molecular weight is 442 g/mol. The first-order chi connectivity index (χ1) is 12.9. The Kier molecular flexibility index (Phi) is 4.40. The second kappa shape index (κ2) is 6.62. The molecule has 6 heteroatoms. The second-order valence-corrected chi connectivity index (χ2v) is 9.06. The van der Waals surface area contributed by atoms with E-state index in [1.807, 2.05) is 31.2 Å². The zero-order chi connectivity index (χ0) is 19.2. The van der Waals surface area contributed by atoms with E-state index in [1.165, 1.54) is 4.31 Å². The van der Waals surface area contributed by atoms with Crippen LogP contribution in [0.25, 0.3) is 11.1 Å². The van der Waals surface area contributed by atoms with Gasteiger partial charge >= 0.3 is 0 Å². The van der Waals surface area contributed by atoms with Crippen LogP contribution in [0.3, 0.4) is 0 Å². The molecule has 0 fully saturated rings. The van der Waals surface area contributed by atoms with Gasteiger partial charge in [0.15, 0.2) is 10.7 Å². The molecule has 0 amide bonds. The highest BCUT2D eigenvalue weighted by atomic mass is 79.9. The minimum Gasteiger partial charge on any atom is -0.291 e. The number of halogens is 1. The molecule has 0 unspecified atom stereocenters. The van der Waals surface area contributed by atoms with Gasteiger partial charge in [-0.15, -0.1) is 0 Å². The second-order valence-electron chi connectivity index (χ2n) is 6.38. The highest BCUT2D eigenvalue weighted by Crippen LogP contribution is 2.42. The van der Waals surface area contributed by atoms with Gasteiger partial charge in [0.25, 0.3) is 10.0 Å². The highest BCUT2D eigenvalue weighted by molar-refractivity contribution is 9.10. The summed E-state index contributed by atoms with van der Waals surface area (Å²) in [4.78, 5) is 12.2. The molecular weight excluding hydrogens is 426 g/mol. The van der Waals surface area contributed by atoms with Crippen molar-refractivity contribution in [2.75, 3.05) is 4.31 Å². The lowest BCUT2D eigenvalue weighted by Crippen LogP contribution is -2.41. The summed E-state index contributed by atoms with van der Waals surface area (Å²) < 4.78 is 28.1. The molecule has 1 aliphatic rings. The molecule has 3 aromatic carbocycles. The molecule has 0 aromatic heterocycles. The van der Waals surface area contributed by atoms with E-state index in [4.69, 9.17) is 0 Å². The Hall–Kier alpha value is -2.44. The number of anilines is 1. The Labute approximate surface area is 166 Å². The molecule has 4 nitrogen and oxygen atoms in total. The van der Waals surface area contributed by atoms with Crippen LogP contribution in [-0.4, -0.2) is 19.2 Å². The number of carbonyl (C=O) groups excluding carboxylic acids is 1. The smallest absolute Gasteiger partial charge is 0.265 e. The number of hydrogen-bond donors (Lipinski definition) is 0. The maximum atomic E-state index is 13.5. The van der Waals surface area contributed by atoms with E-state index in [9.17, 15) is 13.2 Å². The molecule has 1 aliphatic heterocycles. The van der Waals surface area contributed by atoms with E-state index < -0.39 is 15.0 Å². The number of nitrogens with zero attached hydrogens (tertiary/aromatic N) is 1. The SMILES string of the molecule is Cc1ccc(S(=O)(=O)N2c3ccccc3-c3ccccc3C(=O)[C@H]2Br)cc1. The molecular formula is C21H16BrNO3S. The van der Waals surface area contributed by atoms with Crippen LogP contribution in [0.2, 0.25) is 0 Å². The van der Waals surface area contributed by atoms with Gasteiger partial charge in [-0.2, -0.15) is 0 Å². The largest absolute Gasteiger partial charge is 0.291 e. The number of ketones is 1. The molecule has 0 aliphatic carbocycles. The van der Waals surface area contributed by atoms with Crippen molar-refractivity contribution in [3.63, 3.8) is 0 Å². The van der Waals surface area contributed by atoms with Gasteiger partial charge in [0.05, 0.1) is 10.6 Å². The summed E-state index contributed by atoms with van der Waals surface area (Å²) in [6.07, 6.45) is 0. The van der Waals surface area contributed by atoms with Crippen LogP contribution >= 0.6 is 15.9 Å². The summed E-state index contributed by atoms with van der Waals surface area (Å²) in [6.45, 7) is 1.89. The third kappa shape index (κ3) is 2.89. The Morgan fingerprint density at radius 2 is 1.37 bits per heavy atom. The van der Waals surface area contributed by atoms with Gasteiger partial charge in [0.1, 0.15) is 0 Å². The van der Waals surface area contributed by atoms with Gasteiger partial charge in [0.2, 0.25) is 0 Å². The van der Waals surface area contributed by atoms with Crippen molar-refractivity contribution in [1.82, 2.24) is 0 Å². The van der Waals surface area contributed by atoms with E-state index in [0.29, 0.717) is 16.8 Å². The van der Waals surface area contributed by atoms with Crippen LogP contribution in [0.15, 0.2) is 77.7 Å². The number of hydrogen-bond acceptors (Lipinski definition) is 3. The first-order valence-corrected chi connectivity index (χ1v) is 10.7. The first kappa shape index (κ1) is 17.9. The number of sulfonamides is 1. The van der Waals surface area contributed by atoms with Crippen LogP contribution in [0, 0.1) is 6.92 Å². The molecule has 0 spiro atoms. The first-order valence-electron chi connectivity index (χ1n) is 8.39. The zero-order valence-electron chi connectivity index (χ0n) is 14.5. The predicted molar refractivity (Wildman–Crippen MR) is 110 cm³/mol. The molecule has 3 aromatic rings. The number of rotatable bonds is 2. The van der Waals surface area contributed by atoms with Crippen LogP contribution in [-0.2, 0) is 10.0 Å². The molecule has 1 atom stereocenters. The topological polar surface area (TPSA) is 54.5 Å². The fourth-order valence-electron chi connectivity index (χ4n) is 3.26. The number of para-hydroxylation sites is 1. The van der Waals surface area contributed by atoms with Gasteiger partial charge in [-0.3, -0.25) is 4.79 Å². The third-order valence-electron chi connectivity index (χ3n) is 4.62. The average Bonchev–Trinajstić information content (AvgIpc) is 2.77. The van der Waals surface area contributed by atoms with Crippen LogP contribution in [0.1, 0.15) is 15.9 Å². The quantitative estimate of drug-likeness (QED) is 0.424. The molecule has 136 valence electrons. The van der Waals surface area contributed by atoms with E-state index in [2.05, 4.69) is 15.9 Å². The number of aryl methyl sites for hydroxylation is 1. The molecule has 4 rings (SSSR count). The van der Waals surface area contributed by atoms with Gasteiger partial charge in [-0.1, -0.05) is 76.1 Å². The fraction of sp³-hybridized carbons (Fsp3) is 0.0952. The van der Waals surface area contributed by atoms with Gasteiger partial charge in [-0.25, -0.2) is 12.7 Å². The summed E-state index contributed by atoms with van der Waals surface area (Å²) in [5, 5.41) is 0. The molecule has 0 N–H and O–H groups in total. The van der Waals surface area contributed by atoms with E-state index in [1.54, 1.807) is 48.5 Å². The monoisotopic (exact) mass is 441 g/mol. The standard InChI is InChI=1S/C21H16BrNO3S/c1-14-10-12-15(13-11-14)27(25,26)23-19-9-5-4-7-17(19)16-6-2-3-8-18(16)20(24)21(23)22/h2-13,21H,1H3/t21-/m0/s1. The maximum absolute atomic E-state index is 13.5. The summed E-state index contributed by atoms with van der Waals surface area (Å²) in [5.41, 5.74) is 3.36. The maximum Gasteiger partial charge on any atom is 0.265 e. The zero-order valence-corrected chi connectivity index (χ0v) is 16.9.